The minimum Gasteiger partial charge on any atom is -0.369 e. The fourth-order valence-electron chi connectivity index (χ4n) is 1.19. The Morgan fingerprint density at radius 3 is 2.59 bits per heavy atom. The number of carbonyl (C=O) groups excluding carboxylic acids is 1. The van der Waals surface area contributed by atoms with E-state index in [1.807, 2.05) is 20.8 Å². The maximum atomic E-state index is 11.2. The predicted octanol–water partition coefficient (Wildman–Crippen LogP) is 3.89. The summed E-state index contributed by atoms with van der Waals surface area (Å²) in [6.07, 6.45) is 5.55. The third-order valence-corrected chi connectivity index (χ3v) is 3.13. The Hall–Kier alpha value is -0.940. The summed E-state index contributed by atoms with van der Waals surface area (Å²) >= 11 is 6.21. The summed E-state index contributed by atoms with van der Waals surface area (Å²) in [5.41, 5.74) is 0.987. The van der Waals surface area contributed by atoms with Crippen LogP contribution in [0, 0.1) is 17.9 Å². The van der Waals surface area contributed by atoms with Gasteiger partial charge in [-0.2, -0.15) is 0 Å². The van der Waals surface area contributed by atoms with Crippen molar-refractivity contribution in [3.05, 3.63) is 11.6 Å². The average molecular weight is 257 g/mol. The monoisotopic (exact) mass is 256 g/mol. The van der Waals surface area contributed by atoms with Gasteiger partial charge in [0.25, 0.3) is 0 Å². The van der Waals surface area contributed by atoms with Crippen LogP contribution in [0.15, 0.2) is 11.6 Å². The zero-order valence-electron chi connectivity index (χ0n) is 11.3. The smallest absolute Gasteiger partial charge is 0.344 e. The molecule has 2 nitrogen and oxygen atoms in total. The molecule has 17 heavy (non-hydrogen) atoms. The van der Waals surface area contributed by atoms with E-state index in [2.05, 4.69) is 23.7 Å². The number of carbonyl (C=O) groups is 1. The van der Waals surface area contributed by atoms with Crippen LogP contribution in [0.5, 0.6) is 0 Å². The zero-order valence-corrected chi connectivity index (χ0v) is 12.0. The van der Waals surface area contributed by atoms with E-state index in [9.17, 15) is 4.79 Å². The molecule has 1 unspecified atom stereocenters. The molecule has 0 aliphatic carbocycles. The molecule has 0 aromatic rings. The van der Waals surface area contributed by atoms with Gasteiger partial charge in [-0.3, -0.25) is 0 Å². The molecule has 0 N–H and O–H groups in total. The highest BCUT2D eigenvalue weighted by Crippen LogP contribution is 2.28. The summed E-state index contributed by atoms with van der Waals surface area (Å²) in [6, 6.07) is 0. The van der Waals surface area contributed by atoms with Crippen molar-refractivity contribution in [3.63, 3.8) is 0 Å². The molecule has 0 rings (SSSR count). The van der Waals surface area contributed by atoms with E-state index in [4.69, 9.17) is 11.6 Å². The third kappa shape index (κ3) is 7.88. The van der Waals surface area contributed by atoms with Gasteiger partial charge in [-0.15, -0.1) is 11.6 Å². The number of hydrogen-bond donors (Lipinski definition) is 0. The minimum absolute atomic E-state index is 0.214. The number of ether oxygens (including phenoxy) is 1. The first-order valence-electron chi connectivity index (χ1n) is 5.76. The molecule has 1 atom stereocenters. The Balaban J connectivity index is 4.16. The van der Waals surface area contributed by atoms with Crippen molar-refractivity contribution in [2.24, 2.45) is 5.92 Å². The van der Waals surface area contributed by atoms with Crippen LogP contribution in [0.3, 0.4) is 0 Å². The molecule has 0 aromatic heterocycles. The van der Waals surface area contributed by atoms with E-state index in [-0.39, 0.29) is 4.87 Å². The topological polar surface area (TPSA) is 26.3 Å². The second-order valence-corrected chi connectivity index (χ2v) is 5.74. The van der Waals surface area contributed by atoms with Gasteiger partial charge in [-0.25, -0.2) is 4.79 Å². The Bertz CT molecular complexity index is 339. The van der Waals surface area contributed by atoms with Crippen LogP contribution in [-0.2, 0) is 9.53 Å². The van der Waals surface area contributed by atoms with Gasteiger partial charge < -0.3 is 4.74 Å². The van der Waals surface area contributed by atoms with Crippen molar-refractivity contribution >= 4 is 17.6 Å². The lowest BCUT2D eigenvalue weighted by Gasteiger charge is -2.24. The summed E-state index contributed by atoms with van der Waals surface area (Å²) in [7, 11) is 0. The molecule has 0 heterocycles. The molecule has 0 aromatic carbocycles. The van der Waals surface area contributed by atoms with E-state index < -0.39 is 5.97 Å². The van der Waals surface area contributed by atoms with E-state index in [0.717, 1.165) is 18.4 Å². The zero-order chi connectivity index (χ0) is 13.5. The highest BCUT2D eigenvalue weighted by molar-refractivity contribution is 6.23. The van der Waals surface area contributed by atoms with Crippen molar-refractivity contribution in [2.45, 2.75) is 52.3 Å². The Morgan fingerprint density at radius 1 is 1.53 bits per heavy atom. The molecule has 0 aliphatic heterocycles. The fourth-order valence-corrected chi connectivity index (χ4v) is 1.30. The first-order valence-corrected chi connectivity index (χ1v) is 6.13. The van der Waals surface area contributed by atoms with Crippen molar-refractivity contribution < 1.29 is 9.53 Å². The Labute approximate surface area is 109 Å². The van der Waals surface area contributed by atoms with Crippen molar-refractivity contribution in [3.8, 4) is 12.0 Å². The fraction of sp³-hybridized carbons (Fsp3) is 0.643. The summed E-state index contributed by atoms with van der Waals surface area (Å²) < 4.78 is 4.63. The SMILES string of the molecule is CC#COC(=O)C=C(C)CCC(C)C(C)(C)Cl. The second-order valence-electron chi connectivity index (χ2n) is 4.77. The van der Waals surface area contributed by atoms with Crippen LogP contribution in [0.4, 0.5) is 0 Å². The number of alkyl halides is 1. The molecule has 3 heteroatoms. The summed E-state index contributed by atoms with van der Waals surface area (Å²) in [5.74, 6) is 2.48. The van der Waals surface area contributed by atoms with E-state index in [1.165, 1.54) is 6.08 Å². The lowest BCUT2D eigenvalue weighted by Crippen LogP contribution is -2.21. The predicted molar refractivity (Wildman–Crippen MR) is 71.6 cm³/mol. The molecular formula is C14H21ClO2. The molecule has 0 saturated heterocycles. The summed E-state index contributed by atoms with van der Waals surface area (Å²) in [6.45, 7) is 9.65. The third-order valence-electron chi connectivity index (χ3n) is 2.76. The van der Waals surface area contributed by atoms with Gasteiger partial charge in [-0.1, -0.05) is 18.4 Å². The van der Waals surface area contributed by atoms with E-state index >= 15 is 0 Å². The Kier molecular flexibility index (Phi) is 6.99. The molecular weight excluding hydrogens is 236 g/mol. The molecule has 0 radical (unpaired) electrons. The maximum absolute atomic E-state index is 11.2. The van der Waals surface area contributed by atoms with Crippen molar-refractivity contribution in [1.82, 2.24) is 0 Å². The van der Waals surface area contributed by atoms with Gasteiger partial charge in [0.1, 0.15) is 6.11 Å². The molecule has 0 fully saturated rings. The first-order chi connectivity index (χ1) is 7.77. The van der Waals surface area contributed by atoms with Crippen molar-refractivity contribution in [2.75, 3.05) is 0 Å². The number of allylic oxidation sites excluding steroid dienone is 1. The average Bonchev–Trinajstić information content (AvgIpc) is 2.21. The van der Waals surface area contributed by atoms with Crippen LogP contribution < -0.4 is 0 Å². The van der Waals surface area contributed by atoms with Crippen LogP contribution in [-0.4, -0.2) is 10.8 Å². The van der Waals surface area contributed by atoms with E-state index in [1.54, 1.807) is 6.92 Å². The highest BCUT2D eigenvalue weighted by Gasteiger charge is 2.22. The lowest BCUT2D eigenvalue weighted by atomic mass is 9.91. The molecule has 0 spiro atoms. The molecule has 0 aliphatic rings. The van der Waals surface area contributed by atoms with Gasteiger partial charge in [0.05, 0.1) is 0 Å². The maximum Gasteiger partial charge on any atom is 0.344 e. The molecule has 0 amide bonds. The van der Waals surface area contributed by atoms with Crippen LogP contribution in [0.25, 0.3) is 0 Å². The summed E-state index contributed by atoms with van der Waals surface area (Å²) in [5, 5.41) is 0. The molecule has 0 saturated carbocycles. The highest BCUT2D eigenvalue weighted by atomic mass is 35.5. The molecule has 96 valence electrons. The van der Waals surface area contributed by atoms with Crippen LogP contribution in [0.1, 0.15) is 47.5 Å². The van der Waals surface area contributed by atoms with Gasteiger partial charge in [-0.05, 0) is 39.5 Å². The number of rotatable bonds is 5. The van der Waals surface area contributed by atoms with Gasteiger partial charge in [0, 0.05) is 17.9 Å². The normalized spacial score (nSPS) is 13.6. The van der Waals surface area contributed by atoms with E-state index in [0.29, 0.717) is 5.92 Å². The second kappa shape index (κ2) is 7.40. The molecule has 0 bridgehead atoms. The number of hydrogen-bond acceptors (Lipinski definition) is 2. The summed E-state index contributed by atoms with van der Waals surface area (Å²) in [4.78, 5) is 11.0. The largest absolute Gasteiger partial charge is 0.369 e. The number of esters is 1. The minimum atomic E-state index is -0.408. The quantitative estimate of drug-likeness (QED) is 0.323. The van der Waals surface area contributed by atoms with Crippen molar-refractivity contribution in [1.29, 1.82) is 0 Å². The van der Waals surface area contributed by atoms with Gasteiger partial charge in [0.2, 0.25) is 0 Å². The van der Waals surface area contributed by atoms with Crippen LogP contribution >= 0.6 is 11.6 Å². The van der Waals surface area contributed by atoms with Crippen LogP contribution in [0.2, 0.25) is 0 Å². The first kappa shape index (κ1) is 16.1. The van der Waals surface area contributed by atoms with Gasteiger partial charge in [0.15, 0.2) is 0 Å². The van der Waals surface area contributed by atoms with Gasteiger partial charge >= 0.3 is 5.97 Å². The Morgan fingerprint density at radius 2 is 2.12 bits per heavy atom. The lowest BCUT2D eigenvalue weighted by molar-refractivity contribution is -0.131. The number of halogens is 1. The standard InChI is InChI=1S/C14H21ClO2/c1-6-9-17-13(16)10-11(2)7-8-12(3)14(4,5)15/h10,12H,7-8H2,1-5H3.